The van der Waals surface area contributed by atoms with Gasteiger partial charge in [-0.2, -0.15) is 4.31 Å². The summed E-state index contributed by atoms with van der Waals surface area (Å²) in [6.07, 6.45) is 2.11. The predicted molar refractivity (Wildman–Crippen MR) is 103 cm³/mol. The number of amides is 1. The van der Waals surface area contributed by atoms with Gasteiger partial charge in [-0.05, 0) is 48.2 Å². The van der Waals surface area contributed by atoms with Gasteiger partial charge in [0.1, 0.15) is 5.75 Å². The van der Waals surface area contributed by atoms with E-state index in [-0.39, 0.29) is 12.3 Å². The molecular formula is C20H24N2O4S. The number of nitrogens with one attached hydrogen (secondary N) is 1. The number of ether oxygens (including phenoxy) is 1. The Balaban J connectivity index is 1.54. The quantitative estimate of drug-likeness (QED) is 0.790. The lowest BCUT2D eigenvalue weighted by Crippen LogP contribution is -2.28. The van der Waals surface area contributed by atoms with Crippen LogP contribution >= 0.6 is 0 Å². The van der Waals surface area contributed by atoms with Gasteiger partial charge in [-0.1, -0.05) is 24.3 Å². The summed E-state index contributed by atoms with van der Waals surface area (Å²) < 4.78 is 31.6. The Morgan fingerprint density at radius 2 is 1.59 bits per heavy atom. The van der Waals surface area contributed by atoms with Crippen LogP contribution in [-0.2, 0) is 27.8 Å². The Bertz CT molecular complexity index is 871. The zero-order valence-electron chi connectivity index (χ0n) is 15.3. The van der Waals surface area contributed by atoms with Gasteiger partial charge in [-0.3, -0.25) is 4.79 Å². The fourth-order valence-electron chi connectivity index (χ4n) is 3.05. The standard InChI is InChI=1S/C20H24N2O4S/c1-26-18-8-4-16(5-9-18)14-20(23)21-15-17-6-10-19(11-7-17)27(24,25)22-12-2-3-13-22/h4-11H,2-3,12-15H2,1H3,(H,21,23). The van der Waals surface area contributed by atoms with Gasteiger partial charge in [0.2, 0.25) is 15.9 Å². The molecule has 0 saturated carbocycles. The van der Waals surface area contributed by atoms with E-state index in [0.29, 0.717) is 24.5 Å². The summed E-state index contributed by atoms with van der Waals surface area (Å²) >= 11 is 0. The lowest BCUT2D eigenvalue weighted by molar-refractivity contribution is -0.120. The second kappa shape index (κ2) is 8.54. The second-order valence-electron chi connectivity index (χ2n) is 6.56. The van der Waals surface area contributed by atoms with Crippen molar-refractivity contribution in [1.82, 2.24) is 9.62 Å². The van der Waals surface area contributed by atoms with E-state index in [1.54, 1.807) is 31.4 Å². The molecule has 0 bridgehead atoms. The minimum absolute atomic E-state index is 0.0890. The maximum Gasteiger partial charge on any atom is 0.243 e. The van der Waals surface area contributed by atoms with Crippen LogP contribution in [0.15, 0.2) is 53.4 Å². The van der Waals surface area contributed by atoms with Crippen LogP contribution in [0.1, 0.15) is 24.0 Å². The van der Waals surface area contributed by atoms with Crippen molar-refractivity contribution in [1.29, 1.82) is 0 Å². The fraction of sp³-hybridized carbons (Fsp3) is 0.350. The topological polar surface area (TPSA) is 75.7 Å². The van der Waals surface area contributed by atoms with E-state index >= 15 is 0 Å². The van der Waals surface area contributed by atoms with E-state index in [9.17, 15) is 13.2 Å². The van der Waals surface area contributed by atoms with Crippen LogP contribution in [-0.4, -0.2) is 38.8 Å². The Kier molecular flexibility index (Phi) is 6.13. The molecule has 1 amide bonds. The highest BCUT2D eigenvalue weighted by Gasteiger charge is 2.26. The van der Waals surface area contributed by atoms with Crippen LogP contribution in [0.25, 0.3) is 0 Å². The first kappa shape index (κ1) is 19.4. The lowest BCUT2D eigenvalue weighted by atomic mass is 10.1. The molecule has 1 saturated heterocycles. The molecule has 2 aromatic carbocycles. The Labute approximate surface area is 160 Å². The first-order valence-electron chi connectivity index (χ1n) is 8.98. The number of hydrogen-bond donors (Lipinski definition) is 1. The van der Waals surface area contributed by atoms with Crippen molar-refractivity contribution in [3.05, 3.63) is 59.7 Å². The molecule has 144 valence electrons. The SMILES string of the molecule is COc1ccc(CC(=O)NCc2ccc(S(=O)(=O)N3CCCC3)cc2)cc1. The molecule has 6 nitrogen and oxygen atoms in total. The lowest BCUT2D eigenvalue weighted by Gasteiger charge is -2.15. The summed E-state index contributed by atoms with van der Waals surface area (Å²) in [5.41, 5.74) is 1.76. The molecule has 0 aromatic heterocycles. The van der Waals surface area contributed by atoms with Crippen LogP contribution in [0.2, 0.25) is 0 Å². The van der Waals surface area contributed by atoms with Gasteiger partial charge in [0.05, 0.1) is 18.4 Å². The molecule has 1 aliphatic rings. The molecule has 1 N–H and O–H groups in total. The number of methoxy groups -OCH3 is 1. The van der Waals surface area contributed by atoms with Crippen molar-refractivity contribution in [2.75, 3.05) is 20.2 Å². The number of sulfonamides is 1. The van der Waals surface area contributed by atoms with Crippen molar-refractivity contribution >= 4 is 15.9 Å². The number of rotatable bonds is 7. The first-order valence-corrected chi connectivity index (χ1v) is 10.4. The van der Waals surface area contributed by atoms with Crippen molar-refractivity contribution in [2.24, 2.45) is 0 Å². The molecule has 3 rings (SSSR count). The molecular weight excluding hydrogens is 364 g/mol. The van der Waals surface area contributed by atoms with E-state index < -0.39 is 10.0 Å². The average Bonchev–Trinajstić information content (AvgIpc) is 3.23. The van der Waals surface area contributed by atoms with Crippen LogP contribution in [0.5, 0.6) is 5.75 Å². The average molecular weight is 388 g/mol. The molecule has 0 radical (unpaired) electrons. The van der Waals surface area contributed by atoms with Crippen molar-refractivity contribution < 1.29 is 17.9 Å². The summed E-state index contributed by atoms with van der Waals surface area (Å²) in [4.78, 5) is 12.4. The first-order chi connectivity index (χ1) is 13.0. The highest BCUT2D eigenvalue weighted by Crippen LogP contribution is 2.21. The Morgan fingerprint density at radius 3 is 2.19 bits per heavy atom. The van der Waals surface area contributed by atoms with Crippen molar-refractivity contribution in [3.63, 3.8) is 0 Å². The highest BCUT2D eigenvalue weighted by molar-refractivity contribution is 7.89. The molecule has 7 heteroatoms. The maximum absolute atomic E-state index is 12.5. The largest absolute Gasteiger partial charge is 0.497 e. The van der Waals surface area contributed by atoms with Gasteiger partial charge >= 0.3 is 0 Å². The third kappa shape index (κ3) is 4.87. The smallest absolute Gasteiger partial charge is 0.243 e. The van der Waals surface area contributed by atoms with Crippen LogP contribution in [0.3, 0.4) is 0 Å². The Hall–Kier alpha value is -2.38. The number of benzene rings is 2. The van der Waals surface area contributed by atoms with E-state index in [4.69, 9.17) is 4.74 Å². The number of nitrogens with zero attached hydrogens (tertiary/aromatic N) is 1. The van der Waals surface area contributed by atoms with Crippen molar-refractivity contribution in [2.45, 2.75) is 30.7 Å². The summed E-state index contributed by atoms with van der Waals surface area (Å²) in [7, 11) is -1.80. The third-order valence-electron chi connectivity index (χ3n) is 4.64. The zero-order chi connectivity index (χ0) is 19.3. The Morgan fingerprint density at radius 1 is 1.00 bits per heavy atom. The molecule has 0 unspecified atom stereocenters. The normalized spacial score (nSPS) is 14.9. The summed E-state index contributed by atoms with van der Waals surface area (Å²) in [6.45, 7) is 1.54. The summed E-state index contributed by atoms with van der Waals surface area (Å²) in [6, 6.07) is 14.1. The molecule has 0 aliphatic carbocycles. The number of carbonyl (C=O) groups is 1. The second-order valence-corrected chi connectivity index (χ2v) is 8.49. The molecule has 27 heavy (non-hydrogen) atoms. The van der Waals surface area contributed by atoms with Gasteiger partial charge in [-0.15, -0.1) is 0 Å². The van der Waals surface area contributed by atoms with E-state index in [2.05, 4.69) is 5.32 Å². The van der Waals surface area contributed by atoms with Gasteiger partial charge in [0.15, 0.2) is 0 Å². The molecule has 0 spiro atoms. The van der Waals surface area contributed by atoms with Gasteiger partial charge in [0.25, 0.3) is 0 Å². The summed E-state index contributed by atoms with van der Waals surface area (Å²) in [5.74, 6) is 0.664. The molecule has 2 aromatic rings. The molecule has 1 heterocycles. The molecule has 0 atom stereocenters. The molecule has 1 fully saturated rings. The molecule has 1 aliphatic heterocycles. The van der Waals surface area contributed by atoms with E-state index in [1.807, 2.05) is 24.3 Å². The van der Waals surface area contributed by atoms with Crippen molar-refractivity contribution in [3.8, 4) is 5.75 Å². The van der Waals surface area contributed by atoms with Crippen LogP contribution in [0.4, 0.5) is 0 Å². The van der Waals surface area contributed by atoms with Crippen LogP contribution in [0, 0.1) is 0 Å². The summed E-state index contributed by atoms with van der Waals surface area (Å²) in [5, 5.41) is 2.86. The maximum atomic E-state index is 12.5. The third-order valence-corrected chi connectivity index (χ3v) is 6.55. The monoisotopic (exact) mass is 388 g/mol. The minimum Gasteiger partial charge on any atom is -0.497 e. The number of hydrogen-bond acceptors (Lipinski definition) is 4. The van der Waals surface area contributed by atoms with Gasteiger partial charge in [-0.25, -0.2) is 8.42 Å². The highest BCUT2D eigenvalue weighted by atomic mass is 32.2. The van der Waals surface area contributed by atoms with Crippen LogP contribution < -0.4 is 10.1 Å². The van der Waals surface area contributed by atoms with Gasteiger partial charge in [0, 0.05) is 19.6 Å². The zero-order valence-corrected chi connectivity index (χ0v) is 16.2. The van der Waals surface area contributed by atoms with E-state index in [0.717, 1.165) is 29.7 Å². The minimum atomic E-state index is -3.40. The fourth-order valence-corrected chi connectivity index (χ4v) is 4.57. The predicted octanol–water partition coefficient (Wildman–Crippen LogP) is 2.34. The number of carbonyl (C=O) groups excluding carboxylic acids is 1. The van der Waals surface area contributed by atoms with E-state index in [1.165, 1.54) is 4.31 Å². The van der Waals surface area contributed by atoms with Gasteiger partial charge < -0.3 is 10.1 Å².